The highest BCUT2D eigenvalue weighted by Crippen LogP contribution is 2.24. The van der Waals surface area contributed by atoms with Crippen LogP contribution in [-0.2, 0) is 0 Å². The van der Waals surface area contributed by atoms with Gasteiger partial charge in [0.2, 0.25) is 0 Å². The van der Waals surface area contributed by atoms with Gasteiger partial charge in [0.1, 0.15) is 12.0 Å². The Morgan fingerprint density at radius 1 is 1.33 bits per heavy atom. The first-order valence-electron chi connectivity index (χ1n) is 5.68. The van der Waals surface area contributed by atoms with E-state index >= 15 is 0 Å². The van der Waals surface area contributed by atoms with Crippen molar-refractivity contribution in [1.29, 1.82) is 0 Å². The summed E-state index contributed by atoms with van der Waals surface area (Å²) in [4.78, 5) is 11.9. The van der Waals surface area contributed by atoms with Crippen molar-refractivity contribution in [1.82, 2.24) is 5.32 Å². The van der Waals surface area contributed by atoms with Crippen LogP contribution in [-0.4, -0.2) is 13.0 Å². The maximum Gasteiger partial charge on any atom is 0.255 e. The summed E-state index contributed by atoms with van der Waals surface area (Å²) in [5, 5.41) is 2.89. The predicted molar refractivity (Wildman–Crippen MR) is 67.6 cm³/mol. The van der Waals surface area contributed by atoms with Crippen LogP contribution in [0.15, 0.2) is 47.3 Å². The van der Waals surface area contributed by atoms with E-state index in [0.717, 1.165) is 11.3 Å². The molecule has 2 rings (SSSR count). The van der Waals surface area contributed by atoms with Crippen molar-refractivity contribution in [2.24, 2.45) is 0 Å². The molecule has 0 spiro atoms. The highest BCUT2D eigenvalue weighted by Gasteiger charge is 2.15. The molecule has 1 heterocycles. The Labute approximate surface area is 106 Å². The van der Waals surface area contributed by atoms with E-state index in [9.17, 15) is 4.79 Å². The highest BCUT2D eigenvalue weighted by molar-refractivity contribution is 5.94. The highest BCUT2D eigenvalue weighted by atomic mass is 16.5. The van der Waals surface area contributed by atoms with Crippen LogP contribution in [0.5, 0.6) is 5.75 Å². The second-order valence-corrected chi connectivity index (χ2v) is 3.95. The molecule has 4 nitrogen and oxygen atoms in total. The molecule has 0 bridgehead atoms. The molecule has 0 saturated heterocycles. The number of furan rings is 1. The zero-order chi connectivity index (χ0) is 13.0. The average molecular weight is 245 g/mol. The van der Waals surface area contributed by atoms with Crippen LogP contribution in [0, 0.1) is 0 Å². The molecule has 1 N–H and O–H groups in total. The molecular weight excluding hydrogens is 230 g/mol. The average Bonchev–Trinajstić information content (AvgIpc) is 2.92. The molecule has 1 aromatic heterocycles. The molecule has 1 amide bonds. The molecule has 0 fully saturated rings. The minimum absolute atomic E-state index is 0.136. The van der Waals surface area contributed by atoms with Crippen LogP contribution in [0.2, 0.25) is 0 Å². The number of para-hydroxylation sites is 1. The number of benzene rings is 1. The van der Waals surface area contributed by atoms with Gasteiger partial charge in [0.05, 0.1) is 25.0 Å². The van der Waals surface area contributed by atoms with Gasteiger partial charge in [0.25, 0.3) is 5.91 Å². The molecule has 1 aromatic carbocycles. The predicted octanol–water partition coefficient (Wildman–Crippen LogP) is 2.78. The lowest BCUT2D eigenvalue weighted by Gasteiger charge is -2.16. The molecule has 4 heteroatoms. The van der Waals surface area contributed by atoms with Gasteiger partial charge in [-0.15, -0.1) is 0 Å². The van der Waals surface area contributed by atoms with E-state index in [0.29, 0.717) is 5.56 Å². The largest absolute Gasteiger partial charge is 0.496 e. The Balaban J connectivity index is 2.12. The lowest BCUT2D eigenvalue weighted by atomic mass is 10.1. The molecule has 0 aliphatic rings. The Morgan fingerprint density at radius 2 is 2.11 bits per heavy atom. The number of hydrogen-bond acceptors (Lipinski definition) is 3. The summed E-state index contributed by atoms with van der Waals surface area (Å²) in [6.45, 7) is 1.91. The fraction of sp³-hybridized carbons (Fsp3) is 0.214. The fourth-order valence-corrected chi connectivity index (χ4v) is 1.78. The van der Waals surface area contributed by atoms with Gasteiger partial charge < -0.3 is 14.5 Å². The van der Waals surface area contributed by atoms with E-state index in [1.807, 2.05) is 31.2 Å². The van der Waals surface area contributed by atoms with Crippen LogP contribution < -0.4 is 10.1 Å². The zero-order valence-electron chi connectivity index (χ0n) is 10.3. The maximum atomic E-state index is 11.9. The Hall–Kier alpha value is -2.23. The quantitative estimate of drug-likeness (QED) is 0.901. The number of amides is 1. The topological polar surface area (TPSA) is 51.5 Å². The summed E-state index contributed by atoms with van der Waals surface area (Å²) >= 11 is 0. The smallest absolute Gasteiger partial charge is 0.255 e. The number of nitrogens with one attached hydrogen (secondary N) is 1. The molecular formula is C14H15NO3. The second-order valence-electron chi connectivity index (χ2n) is 3.95. The van der Waals surface area contributed by atoms with Crippen LogP contribution >= 0.6 is 0 Å². The molecule has 94 valence electrons. The molecule has 0 aliphatic heterocycles. The Bertz CT molecular complexity index is 520. The van der Waals surface area contributed by atoms with Gasteiger partial charge in [-0.2, -0.15) is 0 Å². The molecule has 0 unspecified atom stereocenters. The van der Waals surface area contributed by atoms with Crippen molar-refractivity contribution in [2.75, 3.05) is 7.11 Å². The van der Waals surface area contributed by atoms with Crippen LogP contribution in [0.3, 0.4) is 0 Å². The molecule has 1 atom stereocenters. The maximum absolute atomic E-state index is 11.9. The van der Waals surface area contributed by atoms with Crippen molar-refractivity contribution in [3.8, 4) is 5.75 Å². The first-order valence-corrected chi connectivity index (χ1v) is 5.68. The van der Waals surface area contributed by atoms with Crippen molar-refractivity contribution in [3.05, 3.63) is 54.0 Å². The van der Waals surface area contributed by atoms with Gasteiger partial charge in [0, 0.05) is 5.56 Å². The summed E-state index contributed by atoms with van der Waals surface area (Å²) in [6.07, 6.45) is 2.90. The van der Waals surface area contributed by atoms with E-state index in [-0.39, 0.29) is 11.9 Å². The number of methoxy groups -OCH3 is 1. The first kappa shape index (κ1) is 12.2. The normalized spacial score (nSPS) is 11.9. The molecule has 0 aliphatic carbocycles. The third kappa shape index (κ3) is 2.53. The van der Waals surface area contributed by atoms with Gasteiger partial charge in [-0.05, 0) is 19.1 Å². The standard InChI is InChI=1S/C14H15NO3/c1-10(12-5-3-4-6-13(12)17-2)15-14(16)11-7-8-18-9-11/h3-10H,1-2H3,(H,15,16)/t10-/m1/s1. The number of carbonyl (C=O) groups excluding carboxylic acids is 1. The third-order valence-corrected chi connectivity index (χ3v) is 2.74. The molecule has 2 aromatic rings. The van der Waals surface area contributed by atoms with E-state index in [4.69, 9.17) is 9.15 Å². The Kier molecular flexibility index (Phi) is 3.67. The Morgan fingerprint density at radius 3 is 2.78 bits per heavy atom. The van der Waals surface area contributed by atoms with Crippen molar-refractivity contribution < 1.29 is 13.9 Å². The van der Waals surface area contributed by atoms with E-state index in [1.165, 1.54) is 12.5 Å². The van der Waals surface area contributed by atoms with E-state index in [1.54, 1.807) is 13.2 Å². The summed E-state index contributed by atoms with van der Waals surface area (Å²) in [5.74, 6) is 0.597. The SMILES string of the molecule is COc1ccccc1[C@@H](C)NC(=O)c1ccoc1. The van der Waals surface area contributed by atoms with Crippen molar-refractivity contribution in [2.45, 2.75) is 13.0 Å². The van der Waals surface area contributed by atoms with Gasteiger partial charge in [-0.25, -0.2) is 0 Å². The molecule has 18 heavy (non-hydrogen) atoms. The van der Waals surface area contributed by atoms with Crippen LogP contribution in [0.4, 0.5) is 0 Å². The zero-order valence-corrected chi connectivity index (χ0v) is 10.3. The number of rotatable bonds is 4. The fourth-order valence-electron chi connectivity index (χ4n) is 1.78. The third-order valence-electron chi connectivity index (χ3n) is 2.74. The first-order chi connectivity index (χ1) is 8.72. The summed E-state index contributed by atoms with van der Waals surface area (Å²) in [5.41, 5.74) is 1.45. The van der Waals surface area contributed by atoms with Crippen LogP contribution in [0.25, 0.3) is 0 Å². The van der Waals surface area contributed by atoms with Gasteiger partial charge in [-0.3, -0.25) is 4.79 Å². The van der Waals surface area contributed by atoms with Gasteiger partial charge in [0.15, 0.2) is 0 Å². The second kappa shape index (κ2) is 5.40. The molecule has 0 saturated carbocycles. The summed E-state index contributed by atoms with van der Waals surface area (Å²) in [6, 6.07) is 9.11. The van der Waals surface area contributed by atoms with Gasteiger partial charge in [-0.1, -0.05) is 18.2 Å². The lowest BCUT2D eigenvalue weighted by Crippen LogP contribution is -2.26. The van der Waals surface area contributed by atoms with Crippen LogP contribution in [0.1, 0.15) is 28.9 Å². The summed E-state index contributed by atoms with van der Waals surface area (Å²) < 4.78 is 10.2. The van der Waals surface area contributed by atoms with Gasteiger partial charge >= 0.3 is 0 Å². The minimum Gasteiger partial charge on any atom is -0.496 e. The molecule has 0 radical (unpaired) electrons. The van der Waals surface area contributed by atoms with Crippen molar-refractivity contribution >= 4 is 5.91 Å². The minimum atomic E-state index is -0.165. The van der Waals surface area contributed by atoms with E-state index < -0.39 is 0 Å². The number of carbonyl (C=O) groups is 1. The van der Waals surface area contributed by atoms with Crippen molar-refractivity contribution in [3.63, 3.8) is 0 Å². The lowest BCUT2D eigenvalue weighted by molar-refractivity contribution is 0.0939. The van der Waals surface area contributed by atoms with E-state index in [2.05, 4.69) is 5.32 Å². The number of ether oxygens (including phenoxy) is 1. The monoisotopic (exact) mass is 245 g/mol. The number of hydrogen-bond donors (Lipinski definition) is 1. The summed E-state index contributed by atoms with van der Waals surface area (Å²) in [7, 11) is 1.61.